The smallest absolute Gasteiger partial charge is 0.172 e. The molecule has 0 atom stereocenters. The lowest BCUT2D eigenvalue weighted by Crippen LogP contribution is -2.09. The Morgan fingerprint density at radius 1 is 1.35 bits per heavy atom. The zero-order valence-corrected chi connectivity index (χ0v) is 12.7. The number of aldehydes is 1. The molecule has 0 fully saturated rings. The van der Waals surface area contributed by atoms with Gasteiger partial charge in [-0.05, 0) is 37.5 Å². The van der Waals surface area contributed by atoms with E-state index in [4.69, 9.17) is 11.6 Å². The van der Waals surface area contributed by atoms with Gasteiger partial charge in [0.1, 0.15) is 5.69 Å². The molecule has 0 aliphatic heterocycles. The summed E-state index contributed by atoms with van der Waals surface area (Å²) in [5.41, 5.74) is 3.12. The first kappa shape index (κ1) is 14.7. The van der Waals surface area contributed by atoms with Crippen molar-refractivity contribution in [2.45, 2.75) is 39.5 Å². The minimum absolute atomic E-state index is 0.255. The fourth-order valence-electron chi connectivity index (χ4n) is 2.35. The third-order valence-electron chi connectivity index (χ3n) is 3.62. The standard InChI is InChI=1S/C15H18ClN3O/c1-4-11(5-2)15-14(9-20)17-18-19(15)12-7-6-10(3)13(16)8-12/h6-9,11H,4-5H2,1-3H3. The minimum Gasteiger partial charge on any atom is -0.296 e. The van der Waals surface area contributed by atoms with Crippen molar-refractivity contribution < 1.29 is 4.79 Å². The Kier molecular flexibility index (Phi) is 4.55. The summed E-state index contributed by atoms with van der Waals surface area (Å²) in [6.45, 7) is 6.15. The van der Waals surface area contributed by atoms with E-state index in [1.54, 1.807) is 4.68 Å². The number of aryl methyl sites for hydroxylation is 1. The molecule has 0 aliphatic carbocycles. The largest absolute Gasteiger partial charge is 0.296 e. The number of carbonyl (C=O) groups is 1. The summed E-state index contributed by atoms with van der Waals surface area (Å²) in [4.78, 5) is 11.2. The van der Waals surface area contributed by atoms with Gasteiger partial charge in [-0.15, -0.1) is 5.10 Å². The van der Waals surface area contributed by atoms with E-state index in [-0.39, 0.29) is 5.92 Å². The van der Waals surface area contributed by atoms with Gasteiger partial charge in [-0.2, -0.15) is 0 Å². The van der Waals surface area contributed by atoms with Crippen LogP contribution in [0.5, 0.6) is 0 Å². The Morgan fingerprint density at radius 2 is 2.05 bits per heavy atom. The van der Waals surface area contributed by atoms with E-state index >= 15 is 0 Å². The fourth-order valence-corrected chi connectivity index (χ4v) is 2.52. The molecule has 4 nitrogen and oxygen atoms in total. The Hall–Kier alpha value is -1.68. The molecule has 0 amide bonds. The molecule has 0 N–H and O–H groups in total. The van der Waals surface area contributed by atoms with E-state index in [1.807, 2.05) is 25.1 Å². The van der Waals surface area contributed by atoms with Crippen molar-refractivity contribution >= 4 is 17.9 Å². The normalized spacial score (nSPS) is 11.1. The molecule has 0 unspecified atom stereocenters. The number of hydrogen-bond acceptors (Lipinski definition) is 3. The topological polar surface area (TPSA) is 47.8 Å². The van der Waals surface area contributed by atoms with Crippen LogP contribution in [-0.2, 0) is 0 Å². The van der Waals surface area contributed by atoms with Gasteiger partial charge in [-0.1, -0.05) is 36.7 Å². The first-order valence-corrected chi connectivity index (χ1v) is 7.17. The number of aromatic nitrogens is 3. The molecular formula is C15H18ClN3O. The van der Waals surface area contributed by atoms with Gasteiger partial charge in [0.2, 0.25) is 0 Å². The van der Waals surface area contributed by atoms with Crippen molar-refractivity contribution in [3.63, 3.8) is 0 Å². The molecule has 106 valence electrons. The van der Waals surface area contributed by atoms with Gasteiger partial charge < -0.3 is 0 Å². The molecule has 5 heteroatoms. The van der Waals surface area contributed by atoms with Crippen LogP contribution >= 0.6 is 11.6 Å². The number of halogens is 1. The van der Waals surface area contributed by atoms with E-state index in [0.29, 0.717) is 10.7 Å². The van der Waals surface area contributed by atoms with Crippen LogP contribution < -0.4 is 0 Å². The molecular weight excluding hydrogens is 274 g/mol. The summed E-state index contributed by atoms with van der Waals surface area (Å²) < 4.78 is 1.73. The fraction of sp³-hybridized carbons (Fsp3) is 0.400. The molecule has 1 aromatic carbocycles. The van der Waals surface area contributed by atoms with Crippen LogP contribution in [0.15, 0.2) is 18.2 Å². The third-order valence-corrected chi connectivity index (χ3v) is 4.02. The Balaban J connectivity index is 2.58. The van der Waals surface area contributed by atoms with Crippen molar-refractivity contribution in [1.82, 2.24) is 15.0 Å². The van der Waals surface area contributed by atoms with Gasteiger partial charge in [-0.25, -0.2) is 4.68 Å². The van der Waals surface area contributed by atoms with Crippen LogP contribution in [0.2, 0.25) is 5.02 Å². The second-order valence-corrected chi connectivity index (χ2v) is 5.24. The maximum Gasteiger partial charge on any atom is 0.172 e. The van der Waals surface area contributed by atoms with E-state index in [2.05, 4.69) is 24.2 Å². The monoisotopic (exact) mass is 291 g/mol. The highest BCUT2D eigenvalue weighted by molar-refractivity contribution is 6.31. The zero-order valence-electron chi connectivity index (χ0n) is 11.9. The molecule has 2 aromatic rings. The van der Waals surface area contributed by atoms with Crippen LogP contribution in [0, 0.1) is 6.92 Å². The second-order valence-electron chi connectivity index (χ2n) is 4.84. The Bertz CT molecular complexity index is 618. The molecule has 0 spiro atoms. The zero-order chi connectivity index (χ0) is 14.7. The van der Waals surface area contributed by atoms with E-state index < -0.39 is 0 Å². The highest BCUT2D eigenvalue weighted by atomic mass is 35.5. The van der Waals surface area contributed by atoms with Crippen LogP contribution in [0.25, 0.3) is 5.69 Å². The predicted molar refractivity (Wildman–Crippen MR) is 79.8 cm³/mol. The van der Waals surface area contributed by atoms with Gasteiger partial charge >= 0.3 is 0 Å². The molecule has 2 rings (SSSR count). The molecule has 20 heavy (non-hydrogen) atoms. The lowest BCUT2D eigenvalue weighted by molar-refractivity contribution is 0.111. The number of carbonyl (C=O) groups excluding carboxylic acids is 1. The molecule has 0 aliphatic rings. The first-order chi connectivity index (χ1) is 9.62. The van der Waals surface area contributed by atoms with Gasteiger partial charge in [0.05, 0.1) is 11.4 Å². The molecule has 0 bridgehead atoms. The SMILES string of the molecule is CCC(CC)c1c(C=O)nnn1-c1ccc(C)c(Cl)c1. The Morgan fingerprint density at radius 3 is 2.60 bits per heavy atom. The number of nitrogens with zero attached hydrogens (tertiary/aromatic N) is 3. The average Bonchev–Trinajstić information content (AvgIpc) is 2.87. The number of hydrogen-bond donors (Lipinski definition) is 0. The second kappa shape index (κ2) is 6.18. The third kappa shape index (κ3) is 2.61. The van der Waals surface area contributed by atoms with Crippen LogP contribution in [0.1, 0.15) is 54.4 Å². The van der Waals surface area contributed by atoms with E-state index in [1.165, 1.54) is 0 Å². The van der Waals surface area contributed by atoms with Crippen molar-refractivity contribution in [2.24, 2.45) is 0 Å². The maximum atomic E-state index is 11.2. The summed E-state index contributed by atoms with van der Waals surface area (Å²) in [7, 11) is 0. The van der Waals surface area contributed by atoms with Crippen molar-refractivity contribution in [3.8, 4) is 5.69 Å². The molecule has 1 heterocycles. The Labute approximate surface area is 123 Å². The number of benzene rings is 1. The lowest BCUT2D eigenvalue weighted by atomic mass is 9.97. The maximum absolute atomic E-state index is 11.2. The molecule has 0 saturated heterocycles. The number of rotatable bonds is 5. The quantitative estimate of drug-likeness (QED) is 0.784. The molecule has 0 radical (unpaired) electrons. The van der Waals surface area contributed by atoms with Crippen LogP contribution in [-0.4, -0.2) is 21.3 Å². The predicted octanol–water partition coefficient (Wildman–Crippen LogP) is 3.95. The molecule has 0 saturated carbocycles. The van der Waals surface area contributed by atoms with Crippen molar-refractivity contribution in [2.75, 3.05) is 0 Å². The summed E-state index contributed by atoms with van der Waals surface area (Å²) >= 11 is 6.17. The van der Waals surface area contributed by atoms with E-state index in [9.17, 15) is 4.79 Å². The minimum atomic E-state index is 0.255. The van der Waals surface area contributed by atoms with Crippen LogP contribution in [0.4, 0.5) is 0 Å². The first-order valence-electron chi connectivity index (χ1n) is 6.79. The average molecular weight is 292 g/mol. The summed E-state index contributed by atoms with van der Waals surface area (Å²) in [6, 6.07) is 5.74. The van der Waals surface area contributed by atoms with Gasteiger partial charge in [0.25, 0.3) is 0 Å². The summed E-state index contributed by atoms with van der Waals surface area (Å²) in [5, 5.41) is 8.78. The summed E-state index contributed by atoms with van der Waals surface area (Å²) in [5.74, 6) is 0.255. The van der Waals surface area contributed by atoms with Crippen LogP contribution in [0.3, 0.4) is 0 Å². The lowest BCUT2D eigenvalue weighted by Gasteiger charge is -2.15. The highest BCUT2D eigenvalue weighted by Gasteiger charge is 2.21. The summed E-state index contributed by atoms with van der Waals surface area (Å²) in [6.07, 6.45) is 2.64. The van der Waals surface area contributed by atoms with Gasteiger partial charge in [0.15, 0.2) is 6.29 Å². The van der Waals surface area contributed by atoms with Gasteiger partial charge in [0, 0.05) is 10.9 Å². The highest BCUT2D eigenvalue weighted by Crippen LogP contribution is 2.28. The van der Waals surface area contributed by atoms with E-state index in [0.717, 1.165) is 36.1 Å². The van der Waals surface area contributed by atoms with Crippen molar-refractivity contribution in [3.05, 3.63) is 40.2 Å². The van der Waals surface area contributed by atoms with Crippen molar-refractivity contribution in [1.29, 1.82) is 0 Å². The van der Waals surface area contributed by atoms with Gasteiger partial charge in [-0.3, -0.25) is 4.79 Å². The molecule has 1 aromatic heterocycles.